The molecule has 0 radical (unpaired) electrons. The lowest BCUT2D eigenvalue weighted by molar-refractivity contribution is 0.666. The Balaban J connectivity index is 1.02. The Morgan fingerprint density at radius 1 is 0.312 bits per heavy atom. The molecule has 0 aliphatic heterocycles. The first-order valence-electron chi connectivity index (χ1n) is 21.6. The van der Waals surface area contributed by atoms with Crippen molar-refractivity contribution >= 4 is 65.8 Å². The second-order valence-electron chi connectivity index (χ2n) is 17.0. The fourth-order valence-corrected chi connectivity index (χ4v) is 11.1. The SMILES string of the molecule is c1ccc(-c2nc(-c3ccc4oc5ccc6c(c5c4c3)C3(c4ccccc4-c4ccccc43)c3cc4oc5ccccc5c4cc3-6)nc(-c3cccc4c3oc3ccccc34)n2)cc1. The van der Waals surface area contributed by atoms with Crippen LogP contribution in [0.3, 0.4) is 0 Å². The summed E-state index contributed by atoms with van der Waals surface area (Å²) in [4.78, 5) is 15.6. The minimum Gasteiger partial charge on any atom is -0.456 e. The summed E-state index contributed by atoms with van der Waals surface area (Å²) in [7, 11) is 0. The Hall–Kier alpha value is -8.61. The van der Waals surface area contributed by atoms with E-state index in [2.05, 4.69) is 121 Å². The number of fused-ring (bicyclic) bond motifs is 20. The molecule has 0 unspecified atom stereocenters. The van der Waals surface area contributed by atoms with Gasteiger partial charge in [-0.1, -0.05) is 133 Å². The standard InChI is InChI=1S/C58H31N3O3/c1-2-13-32(14-3-1)55-59-56(61-57(60-55)40-20-12-19-39-36-17-6-11-24-48(36)64-54(39)40)33-25-27-49-43(29-33)52-50(62-49)28-26-38-41-30-42-37-18-7-10-23-47(37)63-51(42)31-46(41)58(53(38)52)44-21-8-4-15-34(44)35-16-5-9-22-45(35)58/h1-31H. The highest BCUT2D eigenvalue weighted by atomic mass is 16.3. The number of nitrogens with zero attached hydrogens (tertiary/aromatic N) is 3. The molecule has 0 fully saturated rings. The number of benzene rings is 9. The summed E-state index contributed by atoms with van der Waals surface area (Å²) in [6.07, 6.45) is 0. The third-order valence-electron chi connectivity index (χ3n) is 13.7. The second-order valence-corrected chi connectivity index (χ2v) is 17.0. The molecular formula is C58H31N3O3. The highest BCUT2D eigenvalue weighted by molar-refractivity contribution is 6.16. The van der Waals surface area contributed by atoms with E-state index in [1.165, 1.54) is 44.5 Å². The summed E-state index contributed by atoms with van der Waals surface area (Å²) in [5.41, 5.74) is 16.6. The van der Waals surface area contributed by atoms with E-state index in [1.54, 1.807) is 0 Å². The Bertz CT molecular complexity index is 4110. The molecular weight excluding hydrogens is 787 g/mol. The van der Waals surface area contributed by atoms with Crippen LogP contribution < -0.4 is 0 Å². The van der Waals surface area contributed by atoms with Crippen molar-refractivity contribution < 1.29 is 13.3 Å². The van der Waals surface area contributed by atoms with Crippen molar-refractivity contribution in [2.75, 3.05) is 0 Å². The van der Waals surface area contributed by atoms with Gasteiger partial charge in [0.2, 0.25) is 0 Å². The lowest BCUT2D eigenvalue weighted by Gasteiger charge is -2.31. The number of aromatic nitrogens is 3. The van der Waals surface area contributed by atoms with Gasteiger partial charge in [0, 0.05) is 43.4 Å². The highest BCUT2D eigenvalue weighted by Crippen LogP contribution is 2.65. The van der Waals surface area contributed by atoms with E-state index in [0.717, 1.165) is 82.5 Å². The molecule has 15 rings (SSSR count). The first kappa shape index (κ1) is 34.0. The maximum atomic E-state index is 6.85. The third-order valence-corrected chi connectivity index (χ3v) is 13.7. The number of hydrogen-bond donors (Lipinski definition) is 0. The Kier molecular flexibility index (Phi) is 6.53. The summed E-state index contributed by atoms with van der Waals surface area (Å²) < 4.78 is 20.0. The van der Waals surface area contributed by atoms with Gasteiger partial charge < -0.3 is 13.3 Å². The van der Waals surface area contributed by atoms with Crippen LogP contribution >= 0.6 is 0 Å². The van der Waals surface area contributed by atoms with E-state index in [-0.39, 0.29) is 0 Å². The predicted molar refractivity (Wildman–Crippen MR) is 254 cm³/mol. The van der Waals surface area contributed by atoms with Crippen LogP contribution in [0.15, 0.2) is 201 Å². The normalized spacial score (nSPS) is 13.4. The lowest BCUT2D eigenvalue weighted by atomic mass is 9.69. The van der Waals surface area contributed by atoms with Gasteiger partial charge in [-0.05, 0) is 99.1 Å². The molecule has 13 aromatic rings. The molecule has 4 aromatic heterocycles. The molecule has 6 heteroatoms. The van der Waals surface area contributed by atoms with Crippen LogP contribution in [-0.4, -0.2) is 15.0 Å². The minimum atomic E-state index is -0.649. The van der Waals surface area contributed by atoms with Crippen molar-refractivity contribution in [1.82, 2.24) is 15.0 Å². The van der Waals surface area contributed by atoms with Crippen molar-refractivity contribution in [3.05, 3.63) is 210 Å². The van der Waals surface area contributed by atoms with Crippen molar-refractivity contribution in [3.63, 3.8) is 0 Å². The maximum Gasteiger partial charge on any atom is 0.167 e. The summed E-state index contributed by atoms with van der Waals surface area (Å²) >= 11 is 0. The molecule has 0 atom stereocenters. The first-order chi connectivity index (χ1) is 31.7. The molecule has 0 bridgehead atoms. The average Bonchev–Trinajstić information content (AvgIpc) is 4.16. The fourth-order valence-electron chi connectivity index (χ4n) is 11.1. The topological polar surface area (TPSA) is 78.1 Å². The van der Waals surface area contributed by atoms with Crippen molar-refractivity contribution in [1.29, 1.82) is 0 Å². The summed E-state index contributed by atoms with van der Waals surface area (Å²) in [5.74, 6) is 1.68. The van der Waals surface area contributed by atoms with E-state index < -0.39 is 5.41 Å². The van der Waals surface area contributed by atoms with E-state index in [1.807, 2.05) is 66.7 Å². The second kappa shape index (κ2) is 12.3. The fraction of sp³-hybridized carbons (Fsp3) is 0.0172. The molecule has 0 saturated heterocycles. The van der Waals surface area contributed by atoms with Crippen LogP contribution in [0.5, 0.6) is 0 Å². The van der Waals surface area contributed by atoms with Gasteiger partial charge in [0.15, 0.2) is 17.5 Å². The first-order valence-corrected chi connectivity index (χ1v) is 21.6. The number of para-hydroxylation sites is 3. The highest BCUT2D eigenvalue weighted by Gasteiger charge is 2.53. The number of rotatable bonds is 3. The van der Waals surface area contributed by atoms with Gasteiger partial charge in [0.05, 0.1) is 11.0 Å². The Labute approximate surface area is 364 Å². The zero-order valence-electron chi connectivity index (χ0n) is 34.0. The monoisotopic (exact) mass is 817 g/mol. The van der Waals surface area contributed by atoms with Crippen LogP contribution in [0.2, 0.25) is 0 Å². The molecule has 2 aliphatic carbocycles. The summed E-state index contributed by atoms with van der Waals surface area (Å²) in [6.45, 7) is 0. The van der Waals surface area contributed by atoms with Gasteiger partial charge in [0.1, 0.15) is 33.5 Å². The van der Waals surface area contributed by atoms with Crippen molar-refractivity contribution in [2.45, 2.75) is 5.41 Å². The van der Waals surface area contributed by atoms with E-state index in [4.69, 9.17) is 28.2 Å². The maximum absolute atomic E-state index is 6.85. The van der Waals surface area contributed by atoms with Crippen LogP contribution in [0.25, 0.3) is 122 Å². The quantitative estimate of drug-likeness (QED) is 0.177. The molecule has 296 valence electrons. The van der Waals surface area contributed by atoms with Crippen molar-refractivity contribution in [3.8, 4) is 56.4 Å². The van der Waals surface area contributed by atoms with Gasteiger partial charge in [-0.2, -0.15) is 0 Å². The summed E-state index contributed by atoms with van der Waals surface area (Å²) in [5, 5.41) is 6.35. The number of hydrogen-bond acceptors (Lipinski definition) is 6. The van der Waals surface area contributed by atoms with Crippen LogP contribution in [-0.2, 0) is 5.41 Å². The average molecular weight is 818 g/mol. The summed E-state index contributed by atoms with van der Waals surface area (Å²) in [6, 6.07) is 65.9. The zero-order chi connectivity index (χ0) is 41.7. The van der Waals surface area contributed by atoms with Gasteiger partial charge in [-0.15, -0.1) is 0 Å². The molecule has 9 aromatic carbocycles. The predicted octanol–water partition coefficient (Wildman–Crippen LogP) is 14.9. The lowest BCUT2D eigenvalue weighted by Crippen LogP contribution is -2.26. The molecule has 6 nitrogen and oxygen atoms in total. The van der Waals surface area contributed by atoms with Crippen LogP contribution in [0.4, 0.5) is 0 Å². The van der Waals surface area contributed by atoms with Crippen LogP contribution in [0, 0.1) is 0 Å². The molecule has 0 saturated carbocycles. The zero-order valence-corrected chi connectivity index (χ0v) is 34.0. The van der Waals surface area contributed by atoms with E-state index in [9.17, 15) is 0 Å². The molecule has 4 heterocycles. The molecule has 0 amide bonds. The van der Waals surface area contributed by atoms with Gasteiger partial charge in [-0.3, -0.25) is 0 Å². The third kappa shape index (κ3) is 4.36. The largest absolute Gasteiger partial charge is 0.456 e. The molecule has 2 aliphatic rings. The molecule has 0 N–H and O–H groups in total. The van der Waals surface area contributed by atoms with Crippen LogP contribution in [0.1, 0.15) is 22.3 Å². The van der Waals surface area contributed by atoms with Crippen molar-refractivity contribution in [2.24, 2.45) is 0 Å². The molecule has 64 heavy (non-hydrogen) atoms. The smallest absolute Gasteiger partial charge is 0.167 e. The van der Waals surface area contributed by atoms with Gasteiger partial charge >= 0.3 is 0 Å². The van der Waals surface area contributed by atoms with Gasteiger partial charge in [-0.25, -0.2) is 15.0 Å². The van der Waals surface area contributed by atoms with Gasteiger partial charge in [0.25, 0.3) is 0 Å². The Morgan fingerprint density at radius 3 is 1.70 bits per heavy atom. The minimum absolute atomic E-state index is 0.539. The number of furan rings is 3. The Morgan fingerprint density at radius 2 is 0.906 bits per heavy atom. The molecule has 1 spiro atoms. The van der Waals surface area contributed by atoms with E-state index >= 15 is 0 Å². The van der Waals surface area contributed by atoms with E-state index in [0.29, 0.717) is 17.5 Å².